The first-order valence-electron chi connectivity index (χ1n) is 12.4. The summed E-state index contributed by atoms with van der Waals surface area (Å²) in [6, 6.07) is 19.0. The molecule has 0 aliphatic rings. The molecule has 1 atom stereocenters. The van der Waals surface area contributed by atoms with Gasteiger partial charge in [0.25, 0.3) is 0 Å². The molecule has 204 valence electrons. The lowest BCUT2D eigenvalue weighted by Crippen LogP contribution is -2.32. The van der Waals surface area contributed by atoms with Gasteiger partial charge in [-0.05, 0) is 73.0 Å². The summed E-state index contributed by atoms with van der Waals surface area (Å²) in [5, 5.41) is 0.110. The molecule has 4 aromatic rings. The third kappa shape index (κ3) is 6.71. The van der Waals surface area contributed by atoms with Gasteiger partial charge in [-0.1, -0.05) is 41.9 Å². The van der Waals surface area contributed by atoms with Crippen LogP contribution in [0.3, 0.4) is 0 Å². The van der Waals surface area contributed by atoms with Crippen LogP contribution in [0.2, 0.25) is 5.02 Å². The molecule has 0 N–H and O–H groups in total. The molecule has 40 heavy (non-hydrogen) atoms. The monoisotopic (exact) mass is 560 g/mol. The van der Waals surface area contributed by atoms with Crippen LogP contribution in [0.25, 0.3) is 0 Å². The van der Waals surface area contributed by atoms with Gasteiger partial charge < -0.3 is 9.47 Å². The smallest absolute Gasteiger partial charge is 0.422 e. The van der Waals surface area contributed by atoms with Gasteiger partial charge in [0.2, 0.25) is 6.29 Å². The Hall–Kier alpha value is -4.56. The number of ether oxygens (including phenoxy) is 2. The molecule has 7 nitrogen and oxygen atoms in total. The number of ketones is 1. The number of benzene rings is 3. The number of carbonyl (C=O) groups is 3. The predicted octanol–water partition coefficient (Wildman–Crippen LogP) is 7.13. The van der Waals surface area contributed by atoms with Crippen LogP contribution in [0, 0.1) is 19.7 Å². The lowest BCUT2D eigenvalue weighted by Gasteiger charge is -2.26. The average Bonchev–Trinajstić information content (AvgIpc) is 2.90. The second-order valence-corrected chi connectivity index (χ2v) is 9.46. The number of aryl methyl sites for hydroxylation is 2. The van der Waals surface area contributed by atoms with Crippen LogP contribution in [0.5, 0.6) is 0 Å². The summed E-state index contributed by atoms with van der Waals surface area (Å²) in [6.45, 7) is 4.87. The van der Waals surface area contributed by atoms with Crippen molar-refractivity contribution >= 4 is 40.8 Å². The molecule has 0 spiro atoms. The number of anilines is 2. The van der Waals surface area contributed by atoms with E-state index >= 15 is 0 Å². The fraction of sp³-hybridized carbons (Fsp3) is 0.161. The molecule has 1 amide bonds. The molecule has 9 heteroatoms. The maximum absolute atomic E-state index is 13.9. The Balaban J connectivity index is 1.60. The number of aromatic nitrogens is 1. The van der Waals surface area contributed by atoms with Crippen LogP contribution in [0.1, 0.15) is 39.5 Å². The molecule has 0 saturated heterocycles. The SMILES string of the molecule is Cc1ccccc1C(=O)c1ccc(N(C(=O)OC(C)OC(=O)Cc2cccnc2)c2ccc(F)cc2C)cc1Cl. The van der Waals surface area contributed by atoms with Crippen LogP contribution in [0.4, 0.5) is 20.6 Å². The predicted molar refractivity (Wildman–Crippen MR) is 149 cm³/mol. The van der Waals surface area contributed by atoms with E-state index in [1.807, 2.05) is 19.1 Å². The van der Waals surface area contributed by atoms with E-state index in [2.05, 4.69) is 4.98 Å². The van der Waals surface area contributed by atoms with Gasteiger partial charge in [0, 0.05) is 30.4 Å². The number of rotatable bonds is 8. The van der Waals surface area contributed by atoms with E-state index in [0.717, 1.165) is 5.56 Å². The molecule has 1 aromatic heterocycles. The van der Waals surface area contributed by atoms with E-state index in [0.29, 0.717) is 22.4 Å². The normalized spacial score (nSPS) is 11.4. The minimum absolute atomic E-state index is 0.0531. The molecule has 0 aliphatic heterocycles. The number of carbonyl (C=O) groups excluding carboxylic acids is 3. The van der Waals surface area contributed by atoms with Crippen molar-refractivity contribution in [1.29, 1.82) is 0 Å². The standard InChI is InChI=1S/C31H26ClFN2O5/c1-19-7-4-5-9-25(19)30(37)26-12-11-24(17-27(26)32)35(28-13-10-23(33)15-20(28)2)31(38)40-21(3)39-29(36)16-22-8-6-14-34-18-22/h4-15,17-18,21H,16H2,1-3H3. The fourth-order valence-corrected chi connectivity index (χ4v) is 4.39. The van der Waals surface area contributed by atoms with Gasteiger partial charge in [0.15, 0.2) is 5.78 Å². The Morgan fingerprint density at radius 1 is 0.925 bits per heavy atom. The summed E-state index contributed by atoms with van der Waals surface area (Å²) in [5.74, 6) is -1.36. The second-order valence-electron chi connectivity index (χ2n) is 9.05. The Morgan fingerprint density at radius 2 is 1.70 bits per heavy atom. The highest BCUT2D eigenvalue weighted by Crippen LogP contribution is 2.34. The van der Waals surface area contributed by atoms with Crippen molar-refractivity contribution in [2.45, 2.75) is 33.5 Å². The van der Waals surface area contributed by atoms with E-state index in [9.17, 15) is 18.8 Å². The summed E-state index contributed by atoms with van der Waals surface area (Å²) in [7, 11) is 0. The number of amides is 1. The Morgan fingerprint density at radius 3 is 2.38 bits per heavy atom. The number of hydrogen-bond acceptors (Lipinski definition) is 6. The average molecular weight is 561 g/mol. The van der Waals surface area contributed by atoms with Gasteiger partial charge >= 0.3 is 12.1 Å². The first kappa shape index (κ1) is 28.4. The second kappa shape index (κ2) is 12.5. The largest absolute Gasteiger partial charge is 0.425 e. The summed E-state index contributed by atoms with van der Waals surface area (Å²) in [4.78, 5) is 44.1. The summed E-state index contributed by atoms with van der Waals surface area (Å²) in [6.07, 6.45) is 0.932. The fourth-order valence-electron chi connectivity index (χ4n) is 4.13. The Kier molecular flexibility index (Phi) is 8.91. The van der Waals surface area contributed by atoms with Gasteiger partial charge in [-0.2, -0.15) is 0 Å². The zero-order valence-electron chi connectivity index (χ0n) is 22.1. The molecule has 1 heterocycles. The summed E-state index contributed by atoms with van der Waals surface area (Å²) in [5.41, 5.74) is 3.21. The minimum Gasteiger partial charge on any atom is -0.425 e. The van der Waals surface area contributed by atoms with Crippen molar-refractivity contribution in [1.82, 2.24) is 4.98 Å². The molecule has 0 radical (unpaired) electrons. The quantitative estimate of drug-likeness (QED) is 0.129. The first-order chi connectivity index (χ1) is 19.1. The molecule has 4 rings (SSSR count). The van der Waals surface area contributed by atoms with Crippen molar-refractivity contribution < 1.29 is 28.2 Å². The van der Waals surface area contributed by atoms with Gasteiger partial charge in [0.05, 0.1) is 22.8 Å². The van der Waals surface area contributed by atoms with Gasteiger partial charge in [0.1, 0.15) is 5.82 Å². The van der Waals surface area contributed by atoms with E-state index in [4.69, 9.17) is 21.1 Å². The van der Waals surface area contributed by atoms with E-state index in [1.54, 1.807) is 43.5 Å². The summed E-state index contributed by atoms with van der Waals surface area (Å²) >= 11 is 6.55. The molecular weight excluding hydrogens is 535 g/mol. The zero-order chi connectivity index (χ0) is 28.8. The van der Waals surface area contributed by atoms with Crippen molar-refractivity contribution in [3.8, 4) is 0 Å². The molecule has 3 aromatic carbocycles. The maximum atomic E-state index is 13.9. The summed E-state index contributed by atoms with van der Waals surface area (Å²) < 4.78 is 24.6. The molecular formula is C31H26ClFN2O5. The van der Waals surface area contributed by atoms with E-state index in [-0.39, 0.29) is 28.5 Å². The third-order valence-electron chi connectivity index (χ3n) is 6.06. The third-order valence-corrected chi connectivity index (χ3v) is 6.38. The highest BCUT2D eigenvalue weighted by atomic mass is 35.5. The Labute approximate surface area is 236 Å². The van der Waals surface area contributed by atoms with Crippen molar-refractivity contribution in [3.63, 3.8) is 0 Å². The zero-order valence-corrected chi connectivity index (χ0v) is 22.8. The van der Waals surface area contributed by atoms with Crippen LogP contribution in [-0.2, 0) is 20.7 Å². The Bertz CT molecular complexity index is 1560. The molecule has 0 fully saturated rings. The van der Waals surface area contributed by atoms with Crippen molar-refractivity contribution in [3.05, 3.63) is 124 Å². The number of nitrogens with zero attached hydrogens (tertiary/aromatic N) is 2. The highest BCUT2D eigenvalue weighted by Gasteiger charge is 2.26. The van der Waals surface area contributed by atoms with Crippen LogP contribution in [0.15, 0.2) is 85.2 Å². The van der Waals surface area contributed by atoms with Crippen LogP contribution in [-0.4, -0.2) is 29.1 Å². The minimum atomic E-state index is -1.24. The van der Waals surface area contributed by atoms with E-state index < -0.39 is 24.2 Å². The number of pyridine rings is 1. The van der Waals surface area contributed by atoms with Gasteiger partial charge in [-0.15, -0.1) is 0 Å². The topological polar surface area (TPSA) is 85.8 Å². The van der Waals surface area contributed by atoms with Crippen molar-refractivity contribution in [2.75, 3.05) is 4.90 Å². The first-order valence-corrected chi connectivity index (χ1v) is 12.8. The van der Waals surface area contributed by atoms with Gasteiger partial charge in [-0.25, -0.2) is 14.1 Å². The van der Waals surface area contributed by atoms with E-state index in [1.165, 1.54) is 48.4 Å². The molecule has 0 aliphatic carbocycles. The lowest BCUT2D eigenvalue weighted by atomic mass is 9.99. The number of esters is 1. The number of halogens is 2. The van der Waals surface area contributed by atoms with Crippen LogP contribution >= 0.6 is 11.6 Å². The van der Waals surface area contributed by atoms with Crippen LogP contribution < -0.4 is 4.90 Å². The van der Waals surface area contributed by atoms with Crippen molar-refractivity contribution in [2.24, 2.45) is 0 Å². The highest BCUT2D eigenvalue weighted by molar-refractivity contribution is 6.35. The molecule has 0 saturated carbocycles. The molecule has 1 unspecified atom stereocenters. The number of hydrogen-bond donors (Lipinski definition) is 0. The van der Waals surface area contributed by atoms with Gasteiger partial charge in [-0.3, -0.25) is 14.6 Å². The maximum Gasteiger partial charge on any atom is 0.422 e. The lowest BCUT2D eigenvalue weighted by molar-refractivity contribution is -0.163. The molecule has 0 bridgehead atoms.